The average Bonchev–Trinajstić information content (AvgIpc) is 2.78. The number of thiazole rings is 1. The molecule has 14 heavy (non-hydrogen) atoms. The van der Waals surface area contributed by atoms with Crippen LogP contribution in [0.1, 0.15) is 0 Å². The molecule has 2 aromatic heterocycles. The second-order valence-electron chi connectivity index (χ2n) is 3.15. The van der Waals surface area contributed by atoms with Crippen molar-refractivity contribution in [3.8, 4) is 11.3 Å². The molecular weight excluding hydrogens is 192 g/mol. The number of aromatic nitrogens is 2. The van der Waals surface area contributed by atoms with Crippen LogP contribution in [-0.4, -0.2) is 4.98 Å². The van der Waals surface area contributed by atoms with Crippen molar-refractivity contribution in [3.05, 3.63) is 48.1 Å². The van der Waals surface area contributed by atoms with Crippen LogP contribution in [0.3, 0.4) is 0 Å². The molecule has 0 amide bonds. The maximum Gasteiger partial charge on any atom is 0.343 e. The lowest BCUT2D eigenvalue weighted by molar-refractivity contribution is -0.505. The van der Waals surface area contributed by atoms with Crippen LogP contribution in [0.4, 0.5) is 0 Å². The summed E-state index contributed by atoms with van der Waals surface area (Å²) < 4.78 is 2.10. The van der Waals surface area contributed by atoms with Crippen molar-refractivity contribution in [1.29, 1.82) is 0 Å². The Morgan fingerprint density at radius 1 is 1.14 bits per heavy atom. The van der Waals surface area contributed by atoms with Gasteiger partial charge in [-0.1, -0.05) is 41.7 Å². The fourth-order valence-electron chi connectivity index (χ4n) is 1.54. The molecule has 0 saturated heterocycles. The van der Waals surface area contributed by atoms with Gasteiger partial charge in [-0.05, 0) is 0 Å². The number of imidazole rings is 1. The van der Waals surface area contributed by atoms with Crippen molar-refractivity contribution in [1.82, 2.24) is 4.98 Å². The Morgan fingerprint density at radius 2 is 2.00 bits per heavy atom. The Morgan fingerprint density at radius 3 is 2.79 bits per heavy atom. The summed E-state index contributed by atoms with van der Waals surface area (Å²) in [6.45, 7) is 0. The molecule has 0 unspecified atom stereocenters. The minimum atomic E-state index is 1.16. The monoisotopic (exact) mass is 201 g/mol. The van der Waals surface area contributed by atoms with E-state index in [1.807, 2.05) is 6.07 Å². The molecule has 2 heterocycles. The highest BCUT2D eigenvalue weighted by atomic mass is 32.1. The predicted molar refractivity (Wildman–Crippen MR) is 57.3 cm³/mol. The van der Waals surface area contributed by atoms with E-state index >= 15 is 0 Å². The van der Waals surface area contributed by atoms with Gasteiger partial charge in [-0.2, -0.15) is 4.40 Å². The summed E-state index contributed by atoms with van der Waals surface area (Å²) >= 11 is 1.71. The molecule has 3 aromatic rings. The lowest BCUT2D eigenvalue weighted by Gasteiger charge is -1.89. The number of nitrogens with zero attached hydrogens (tertiary/aromatic N) is 1. The molecule has 0 spiro atoms. The van der Waals surface area contributed by atoms with Crippen molar-refractivity contribution in [2.45, 2.75) is 0 Å². The number of hydrogen-bond donors (Lipinski definition) is 1. The summed E-state index contributed by atoms with van der Waals surface area (Å²) in [5.41, 5.74) is 2.39. The van der Waals surface area contributed by atoms with Gasteiger partial charge in [0, 0.05) is 10.9 Å². The lowest BCUT2D eigenvalue weighted by atomic mass is 10.2. The Labute approximate surface area is 85.5 Å². The zero-order chi connectivity index (χ0) is 9.38. The van der Waals surface area contributed by atoms with E-state index in [-0.39, 0.29) is 0 Å². The fraction of sp³-hybridized carbons (Fsp3) is 0. The standard InChI is InChI=1S/C11H8N2S/c1-2-4-9(5-3-1)10-8-13-6-7-14-11(13)12-10/h1-8H/p+1. The van der Waals surface area contributed by atoms with Crippen molar-refractivity contribution < 1.29 is 4.40 Å². The van der Waals surface area contributed by atoms with Crippen LogP contribution in [0, 0.1) is 0 Å². The third-order valence-electron chi connectivity index (χ3n) is 2.23. The molecule has 2 nitrogen and oxygen atoms in total. The molecule has 68 valence electrons. The zero-order valence-corrected chi connectivity index (χ0v) is 8.29. The highest BCUT2D eigenvalue weighted by molar-refractivity contribution is 7.14. The van der Waals surface area contributed by atoms with Gasteiger partial charge in [-0.3, -0.25) is 0 Å². The van der Waals surface area contributed by atoms with E-state index in [4.69, 9.17) is 0 Å². The first-order valence-corrected chi connectivity index (χ1v) is 5.34. The van der Waals surface area contributed by atoms with Crippen molar-refractivity contribution in [3.63, 3.8) is 0 Å². The van der Waals surface area contributed by atoms with Crippen molar-refractivity contribution >= 4 is 16.3 Å². The topological polar surface area (TPSA) is 19.9 Å². The summed E-state index contributed by atoms with van der Waals surface area (Å²) in [6, 6.07) is 10.3. The number of nitrogens with one attached hydrogen (secondary N) is 1. The second-order valence-corrected chi connectivity index (χ2v) is 4.04. The summed E-state index contributed by atoms with van der Waals surface area (Å²) in [6.07, 6.45) is 4.17. The van der Waals surface area contributed by atoms with Crippen LogP contribution < -0.4 is 4.40 Å². The molecule has 3 heteroatoms. The smallest absolute Gasteiger partial charge is 0.227 e. The van der Waals surface area contributed by atoms with Crippen LogP contribution in [0.15, 0.2) is 48.1 Å². The highest BCUT2D eigenvalue weighted by Gasteiger charge is 2.10. The first kappa shape index (κ1) is 7.76. The van der Waals surface area contributed by atoms with Gasteiger partial charge in [0.15, 0.2) is 5.69 Å². The Balaban J connectivity index is 2.19. The van der Waals surface area contributed by atoms with E-state index in [0.29, 0.717) is 0 Å². The SMILES string of the molecule is c1ccc(-c2c[n+]3ccsc3[nH]2)cc1. The van der Waals surface area contributed by atoms with Crippen molar-refractivity contribution in [2.24, 2.45) is 0 Å². The van der Waals surface area contributed by atoms with Gasteiger partial charge in [0.25, 0.3) is 0 Å². The molecule has 0 aliphatic heterocycles. The van der Waals surface area contributed by atoms with E-state index in [1.165, 1.54) is 10.5 Å². The quantitative estimate of drug-likeness (QED) is 0.584. The fourth-order valence-corrected chi connectivity index (χ4v) is 2.26. The largest absolute Gasteiger partial charge is 0.343 e. The normalized spacial score (nSPS) is 10.9. The summed E-state index contributed by atoms with van der Waals surface area (Å²) in [7, 11) is 0. The third-order valence-corrected chi connectivity index (χ3v) is 3.02. The maximum absolute atomic E-state index is 3.37. The molecule has 0 atom stereocenters. The van der Waals surface area contributed by atoms with Gasteiger partial charge in [-0.15, -0.1) is 0 Å². The second kappa shape index (κ2) is 2.96. The average molecular weight is 201 g/mol. The summed E-state index contributed by atoms with van der Waals surface area (Å²) in [5, 5.41) is 2.07. The van der Waals surface area contributed by atoms with Gasteiger partial charge in [0.05, 0.1) is 0 Å². The van der Waals surface area contributed by atoms with Gasteiger partial charge in [0.1, 0.15) is 12.4 Å². The van der Waals surface area contributed by atoms with E-state index in [2.05, 4.69) is 51.4 Å². The van der Waals surface area contributed by atoms with Crippen LogP contribution in [0.5, 0.6) is 0 Å². The first-order valence-electron chi connectivity index (χ1n) is 4.46. The first-order chi connectivity index (χ1) is 6.93. The number of H-pyrrole nitrogens is 1. The molecule has 0 fully saturated rings. The maximum atomic E-state index is 3.37. The Bertz CT molecular complexity index is 522. The van der Waals surface area contributed by atoms with Gasteiger partial charge >= 0.3 is 4.96 Å². The predicted octanol–water partition coefficient (Wildman–Crippen LogP) is 2.48. The van der Waals surface area contributed by atoms with E-state index in [0.717, 1.165) is 5.69 Å². The summed E-state index contributed by atoms with van der Waals surface area (Å²) in [5.74, 6) is 0. The summed E-state index contributed by atoms with van der Waals surface area (Å²) in [4.78, 5) is 4.54. The minimum Gasteiger partial charge on any atom is -0.227 e. The molecule has 0 saturated carbocycles. The van der Waals surface area contributed by atoms with E-state index in [9.17, 15) is 0 Å². The number of rotatable bonds is 1. The zero-order valence-electron chi connectivity index (χ0n) is 7.47. The number of hydrogen-bond acceptors (Lipinski definition) is 1. The molecule has 0 bridgehead atoms. The van der Waals surface area contributed by atoms with Crippen molar-refractivity contribution in [2.75, 3.05) is 0 Å². The minimum absolute atomic E-state index is 1.16. The molecular formula is C11H9N2S+. The molecule has 0 aliphatic carbocycles. The van der Waals surface area contributed by atoms with Crippen LogP contribution >= 0.6 is 11.3 Å². The van der Waals surface area contributed by atoms with Crippen LogP contribution in [-0.2, 0) is 0 Å². The Kier molecular flexibility index (Phi) is 1.64. The highest BCUT2D eigenvalue weighted by Crippen LogP contribution is 2.17. The molecule has 3 rings (SSSR count). The molecule has 0 aliphatic rings. The Hall–Kier alpha value is -1.61. The third kappa shape index (κ3) is 1.14. The van der Waals surface area contributed by atoms with Crippen LogP contribution in [0.25, 0.3) is 16.2 Å². The molecule has 0 radical (unpaired) electrons. The number of aromatic amines is 1. The van der Waals surface area contributed by atoms with Gasteiger partial charge in [0.2, 0.25) is 0 Å². The van der Waals surface area contributed by atoms with Gasteiger partial charge in [-0.25, -0.2) is 4.98 Å². The number of fused-ring (bicyclic) bond motifs is 1. The number of benzene rings is 1. The molecule has 1 aromatic carbocycles. The van der Waals surface area contributed by atoms with E-state index < -0.39 is 0 Å². The van der Waals surface area contributed by atoms with Gasteiger partial charge < -0.3 is 0 Å². The van der Waals surface area contributed by atoms with Crippen LogP contribution in [0.2, 0.25) is 0 Å². The van der Waals surface area contributed by atoms with E-state index in [1.54, 1.807) is 11.3 Å². The lowest BCUT2D eigenvalue weighted by Crippen LogP contribution is -2.11. The molecule has 1 N–H and O–H groups in total.